The highest BCUT2D eigenvalue weighted by molar-refractivity contribution is 5.94. The Morgan fingerprint density at radius 3 is 2.54 bits per heavy atom. The Morgan fingerprint density at radius 2 is 1.77 bits per heavy atom. The van der Waals surface area contributed by atoms with E-state index in [4.69, 9.17) is 0 Å². The fourth-order valence-corrected chi connectivity index (χ4v) is 3.86. The molecule has 1 N–H and O–H groups in total. The minimum absolute atomic E-state index is 0.0866. The molecule has 138 valence electrons. The zero-order chi connectivity index (χ0) is 18.4. The van der Waals surface area contributed by atoms with Crippen LogP contribution in [0.2, 0.25) is 0 Å². The molecular formula is C23H30N2O. The normalized spacial score (nSPS) is 18.7. The molecule has 0 fully saturated rings. The SMILES string of the molecule is CCCCCCC(=O)N(c1ccccc1)[C@H]1C[C@@H](C)Nc2ccccc21. The highest BCUT2D eigenvalue weighted by Gasteiger charge is 2.32. The summed E-state index contributed by atoms with van der Waals surface area (Å²) in [6.07, 6.45) is 6.03. The third kappa shape index (κ3) is 4.27. The standard InChI is InChI=1S/C23H30N2O/c1-3-4-5-9-16-23(26)25(19-12-7-6-8-13-19)22-17-18(2)24-21-15-11-10-14-20(21)22/h6-8,10-15,18,22,24H,3-5,9,16-17H2,1-2H3/t18-,22+/m1/s1. The van der Waals surface area contributed by atoms with Gasteiger partial charge in [0.2, 0.25) is 5.91 Å². The first-order chi connectivity index (χ1) is 12.7. The number of hydrogen-bond donors (Lipinski definition) is 1. The molecule has 0 bridgehead atoms. The maximum absolute atomic E-state index is 13.2. The Labute approximate surface area is 157 Å². The lowest BCUT2D eigenvalue weighted by Crippen LogP contribution is -2.40. The van der Waals surface area contributed by atoms with Gasteiger partial charge in [-0.05, 0) is 43.5 Å². The third-order valence-electron chi connectivity index (χ3n) is 5.16. The van der Waals surface area contributed by atoms with Crippen LogP contribution in [0, 0.1) is 0 Å². The number of carbonyl (C=O) groups is 1. The van der Waals surface area contributed by atoms with Crippen LogP contribution in [0.15, 0.2) is 54.6 Å². The van der Waals surface area contributed by atoms with Crippen LogP contribution in [0.1, 0.15) is 64.0 Å². The molecule has 1 aliphatic heterocycles. The van der Waals surface area contributed by atoms with Gasteiger partial charge in [0, 0.05) is 23.8 Å². The first kappa shape index (κ1) is 18.5. The zero-order valence-corrected chi connectivity index (χ0v) is 15.9. The number of nitrogens with one attached hydrogen (secondary N) is 1. The van der Waals surface area contributed by atoms with Crippen LogP contribution in [-0.2, 0) is 4.79 Å². The number of unbranched alkanes of at least 4 members (excludes halogenated alkanes) is 3. The van der Waals surface area contributed by atoms with Crippen LogP contribution in [0.25, 0.3) is 0 Å². The number of hydrogen-bond acceptors (Lipinski definition) is 2. The molecule has 1 heterocycles. The minimum atomic E-state index is 0.0866. The summed E-state index contributed by atoms with van der Waals surface area (Å²) >= 11 is 0. The second kappa shape index (κ2) is 8.88. The molecule has 26 heavy (non-hydrogen) atoms. The van der Waals surface area contributed by atoms with Crippen molar-refractivity contribution in [3.05, 3.63) is 60.2 Å². The van der Waals surface area contributed by atoms with Gasteiger partial charge in [0.15, 0.2) is 0 Å². The van der Waals surface area contributed by atoms with Crippen molar-refractivity contribution in [2.24, 2.45) is 0 Å². The fourth-order valence-electron chi connectivity index (χ4n) is 3.86. The van der Waals surface area contributed by atoms with E-state index in [0.717, 1.165) is 30.6 Å². The van der Waals surface area contributed by atoms with E-state index in [0.29, 0.717) is 12.5 Å². The van der Waals surface area contributed by atoms with Crippen molar-refractivity contribution < 1.29 is 4.79 Å². The summed E-state index contributed by atoms with van der Waals surface area (Å²) in [6, 6.07) is 19.0. The first-order valence-corrected chi connectivity index (χ1v) is 9.93. The van der Waals surface area contributed by atoms with E-state index in [2.05, 4.69) is 55.6 Å². The summed E-state index contributed by atoms with van der Waals surface area (Å²) in [5.74, 6) is 0.237. The molecule has 3 heteroatoms. The van der Waals surface area contributed by atoms with E-state index in [1.807, 2.05) is 23.1 Å². The predicted octanol–water partition coefficient (Wildman–Crippen LogP) is 5.94. The molecule has 3 rings (SSSR count). The fraction of sp³-hybridized carbons (Fsp3) is 0.435. The number of rotatable bonds is 7. The van der Waals surface area contributed by atoms with E-state index in [1.54, 1.807) is 0 Å². The van der Waals surface area contributed by atoms with Gasteiger partial charge in [-0.1, -0.05) is 62.6 Å². The number of anilines is 2. The average molecular weight is 351 g/mol. The van der Waals surface area contributed by atoms with Crippen molar-refractivity contribution in [2.75, 3.05) is 10.2 Å². The van der Waals surface area contributed by atoms with Crippen LogP contribution in [0.3, 0.4) is 0 Å². The monoisotopic (exact) mass is 350 g/mol. The van der Waals surface area contributed by atoms with Gasteiger partial charge in [0.1, 0.15) is 0 Å². The second-order valence-corrected chi connectivity index (χ2v) is 7.29. The van der Waals surface area contributed by atoms with Gasteiger partial charge >= 0.3 is 0 Å². The van der Waals surface area contributed by atoms with E-state index >= 15 is 0 Å². The molecule has 2 atom stereocenters. The molecular weight excluding hydrogens is 320 g/mol. The largest absolute Gasteiger partial charge is 0.382 e. The minimum Gasteiger partial charge on any atom is -0.382 e. The van der Waals surface area contributed by atoms with Crippen LogP contribution < -0.4 is 10.2 Å². The van der Waals surface area contributed by atoms with Crippen LogP contribution in [0.4, 0.5) is 11.4 Å². The quantitative estimate of drug-likeness (QED) is 0.627. The molecule has 2 aromatic rings. The van der Waals surface area contributed by atoms with Gasteiger partial charge in [0.25, 0.3) is 0 Å². The summed E-state index contributed by atoms with van der Waals surface area (Å²) in [6.45, 7) is 4.39. The van der Waals surface area contributed by atoms with E-state index in [-0.39, 0.29) is 11.9 Å². The van der Waals surface area contributed by atoms with Gasteiger partial charge in [-0.2, -0.15) is 0 Å². The number of para-hydroxylation sites is 2. The molecule has 0 spiro atoms. The topological polar surface area (TPSA) is 32.3 Å². The van der Waals surface area contributed by atoms with E-state index < -0.39 is 0 Å². The lowest BCUT2D eigenvalue weighted by molar-refractivity contribution is -0.119. The molecule has 0 aliphatic carbocycles. The van der Waals surface area contributed by atoms with Crippen molar-refractivity contribution in [1.29, 1.82) is 0 Å². The number of carbonyl (C=O) groups excluding carboxylic acids is 1. The van der Waals surface area contributed by atoms with Crippen molar-refractivity contribution >= 4 is 17.3 Å². The van der Waals surface area contributed by atoms with E-state index in [1.165, 1.54) is 18.4 Å². The van der Waals surface area contributed by atoms with Crippen LogP contribution in [0.5, 0.6) is 0 Å². The molecule has 1 amide bonds. The van der Waals surface area contributed by atoms with Crippen molar-refractivity contribution in [1.82, 2.24) is 0 Å². The Hall–Kier alpha value is -2.29. The molecule has 3 nitrogen and oxygen atoms in total. The highest BCUT2D eigenvalue weighted by Crippen LogP contribution is 2.39. The highest BCUT2D eigenvalue weighted by atomic mass is 16.2. The average Bonchev–Trinajstić information content (AvgIpc) is 2.66. The van der Waals surface area contributed by atoms with Crippen LogP contribution in [-0.4, -0.2) is 11.9 Å². The maximum Gasteiger partial charge on any atom is 0.227 e. The first-order valence-electron chi connectivity index (χ1n) is 9.93. The van der Waals surface area contributed by atoms with Gasteiger partial charge in [-0.25, -0.2) is 0 Å². The molecule has 0 unspecified atom stereocenters. The van der Waals surface area contributed by atoms with Gasteiger partial charge in [0.05, 0.1) is 6.04 Å². The van der Waals surface area contributed by atoms with E-state index in [9.17, 15) is 4.79 Å². The Balaban J connectivity index is 1.90. The lowest BCUT2D eigenvalue weighted by Gasteiger charge is -2.39. The summed E-state index contributed by atoms with van der Waals surface area (Å²) in [4.78, 5) is 15.3. The zero-order valence-electron chi connectivity index (χ0n) is 15.9. The number of fused-ring (bicyclic) bond motifs is 1. The Kier molecular flexibility index (Phi) is 6.32. The predicted molar refractivity (Wildman–Crippen MR) is 110 cm³/mol. The van der Waals surface area contributed by atoms with Gasteiger partial charge < -0.3 is 10.2 Å². The van der Waals surface area contributed by atoms with Crippen LogP contribution >= 0.6 is 0 Å². The summed E-state index contributed by atoms with van der Waals surface area (Å²) in [5, 5.41) is 3.56. The number of nitrogens with zero attached hydrogens (tertiary/aromatic N) is 1. The maximum atomic E-state index is 13.2. The second-order valence-electron chi connectivity index (χ2n) is 7.29. The molecule has 2 aromatic carbocycles. The Morgan fingerprint density at radius 1 is 1.04 bits per heavy atom. The molecule has 0 radical (unpaired) electrons. The summed E-state index contributed by atoms with van der Waals surface area (Å²) < 4.78 is 0. The summed E-state index contributed by atoms with van der Waals surface area (Å²) in [7, 11) is 0. The van der Waals surface area contributed by atoms with Crippen molar-refractivity contribution in [3.8, 4) is 0 Å². The smallest absolute Gasteiger partial charge is 0.227 e. The lowest BCUT2D eigenvalue weighted by atomic mass is 9.91. The van der Waals surface area contributed by atoms with Gasteiger partial charge in [-0.3, -0.25) is 4.79 Å². The Bertz CT molecular complexity index is 713. The van der Waals surface area contributed by atoms with Crippen molar-refractivity contribution in [3.63, 3.8) is 0 Å². The molecule has 0 saturated carbocycles. The number of benzene rings is 2. The van der Waals surface area contributed by atoms with Crippen molar-refractivity contribution in [2.45, 2.75) is 64.5 Å². The molecule has 0 saturated heterocycles. The summed E-state index contributed by atoms with van der Waals surface area (Å²) in [5.41, 5.74) is 3.37. The molecule has 0 aromatic heterocycles. The third-order valence-corrected chi connectivity index (χ3v) is 5.16. The molecule has 1 aliphatic rings. The van der Waals surface area contributed by atoms with Gasteiger partial charge in [-0.15, -0.1) is 0 Å². The number of amides is 1.